The average Bonchev–Trinajstić information content (AvgIpc) is 2.31. The normalized spacial score (nSPS) is 20.0. The molecule has 1 atom stereocenters. The second-order valence-electron chi connectivity index (χ2n) is 3.80. The van der Waals surface area contributed by atoms with Gasteiger partial charge in [-0.15, -0.1) is 0 Å². The van der Waals surface area contributed by atoms with Gasteiger partial charge in [0.05, 0.1) is 11.4 Å². The summed E-state index contributed by atoms with van der Waals surface area (Å²) < 4.78 is 12.0. The predicted molar refractivity (Wildman–Crippen MR) is 62.0 cm³/mol. The van der Waals surface area contributed by atoms with E-state index in [0.717, 1.165) is 31.6 Å². The molecule has 0 bridgehead atoms. The molecule has 1 aromatic heterocycles. The number of nitrogens with zero attached hydrogens (tertiary/aromatic N) is 1. The van der Waals surface area contributed by atoms with Gasteiger partial charge in [0, 0.05) is 22.2 Å². The van der Waals surface area contributed by atoms with E-state index in [1.165, 1.54) is 0 Å². The molecule has 82 valence electrons. The van der Waals surface area contributed by atoms with E-state index in [9.17, 15) is 4.21 Å². The molecule has 0 radical (unpaired) electrons. The highest BCUT2D eigenvalue weighted by Crippen LogP contribution is 2.13. The molecule has 1 saturated heterocycles. The summed E-state index contributed by atoms with van der Waals surface area (Å²) in [5.74, 6) is 0.603. The molecule has 0 aliphatic carbocycles. The molecule has 2 rings (SSSR count). The minimum Gasteiger partial charge on any atom is -0.317 e. The molecule has 1 aliphatic rings. The van der Waals surface area contributed by atoms with Crippen molar-refractivity contribution in [1.29, 1.82) is 0 Å². The van der Waals surface area contributed by atoms with Crippen LogP contribution in [0.2, 0.25) is 0 Å². The van der Waals surface area contributed by atoms with Crippen LogP contribution in [0, 0.1) is 0 Å². The van der Waals surface area contributed by atoms with E-state index in [-0.39, 0.29) is 0 Å². The average molecular weight is 224 g/mol. The fraction of sp³-hybridized carbons (Fsp3) is 0.545. The Hall–Kier alpha value is -0.740. The van der Waals surface area contributed by atoms with Gasteiger partial charge in [-0.2, -0.15) is 0 Å². The summed E-state index contributed by atoms with van der Waals surface area (Å²) in [4.78, 5) is 4.20. The Bertz CT molecular complexity index is 323. The van der Waals surface area contributed by atoms with E-state index in [1.807, 2.05) is 18.2 Å². The number of nitrogens with one attached hydrogen (secondary N) is 1. The highest BCUT2D eigenvalue weighted by atomic mass is 32.2. The van der Waals surface area contributed by atoms with Gasteiger partial charge in [-0.25, -0.2) is 0 Å². The minimum absolute atomic E-state index is 0.355. The van der Waals surface area contributed by atoms with Crippen LogP contribution in [-0.2, 0) is 16.6 Å². The van der Waals surface area contributed by atoms with Gasteiger partial charge in [0.2, 0.25) is 0 Å². The quantitative estimate of drug-likeness (QED) is 0.835. The maximum atomic E-state index is 12.0. The van der Waals surface area contributed by atoms with Crippen LogP contribution in [0.4, 0.5) is 0 Å². The van der Waals surface area contributed by atoms with Crippen LogP contribution in [0.25, 0.3) is 0 Å². The second-order valence-corrected chi connectivity index (χ2v) is 5.51. The Morgan fingerprint density at radius 2 is 2.20 bits per heavy atom. The van der Waals surface area contributed by atoms with Gasteiger partial charge in [0.25, 0.3) is 0 Å². The summed E-state index contributed by atoms with van der Waals surface area (Å²) >= 11 is 0. The standard InChI is InChI=1S/C11H16N2OS/c14-15(11-4-7-12-8-5-11)9-10-3-1-2-6-13-10/h1-3,6,11-12H,4-5,7-9H2/t15-/m1/s1. The lowest BCUT2D eigenvalue weighted by Gasteiger charge is -2.21. The Labute approximate surface area is 92.8 Å². The number of rotatable bonds is 3. The van der Waals surface area contributed by atoms with Crippen LogP contribution in [0.5, 0.6) is 0 Å². The zero-order chi connectivity index (χ0) is 10.5. The second kappa shape index (κ2) is 5.37. The van der Waals surface area contributed by atoms with Gasteiger partial charge in [-0.05, 0) is 38.1 Å². The fourth-order valence-corrected chi connectivity index (χ4v) is 3.26. The largest absolute Gasteiger partial charge is 0.317 e. The van der Waals surface area contributed by atoms with Crippen molar-refractivity contribution in [3.8, 4) is 0 Å². The zero-order valence-electron chi connectivity index (χ0n) is 8.69. The SMILES string of the molecule is O=[S@](Cc1ccccn1)C1CCNCC1. The number of hydrogen-bond acceptors (Lipinski definition) is 3. The van der Waals surface area contributed by atoms with Crippen LogP contribution < -0.4 is 5.32 Å². The smallest absolute Gasteiger partial charge is 0.0661 e. The third kappa shape index (κ3) is 3.11. The Morgan fingerprint density at radius 1 is 1.40 bits per heavy atom. The Morgan fingerprint density at radius 3 is 2.87 bits per heavy atom. The third-order valence-corrected chi connectivity index (χ3v) is 4.47. The molecule has 1 N–H and O–H groups in total. The minimum atomic E-state index is -0.760. The lowest BCUT2D eigenvalue weighted by atomic mass is 10.2. The van der Waals surface area contributed by atoms with Crippen molar-refractivity contribution in [2.45, 2.75) is 23.8 Å². The molecule has 0 spiro atoms. The summed E-state index contributed by atoms with van der Waals surface area (Å²) in [5, 5.41) is 3.64. The van der Waals surface area contributed by atoms with E-state index < -0.39 is 10.8 Å². The highest BCUT2D eigenvalue weighted by molar-refractivity contribution is 7.84. The summed E-state index contributed by atoms with van der Waals surface area (Å²) in [6.45, 7) is 2.00. The van der Waals surface area contributed by atoms with E-state index >= 15 is 0 Å². The van der Waals surface area contributed by atoms with Crippen LogP contribution in [0.1, 0.15) is 18.5 Å². The Balaban J connectivity index is 1.91. The van der Waals surface area contributed by atoms with Crippen molar-refractivity contribution in [1.82, 2.24) is 10.3 Å². The topological polar surface area (TPSA) is 42.0 Å². The molecule has 15 heavy (non-hydrogen) atoms. The first-order chi connectivity index (χ1) is 7.36. The molecule has 0 saturated carbocycles. The molecule has 1 aromatic rings. The first-order valence-corrected chi connectivity index (χ1v) is 6.72. The van der Waals surface area contributed by atoms with Crippen molar-refractivity contribution >= 4 is 10.8 Å². The molecule has 2 heterocycles. The van der Waals surface area contributed by atoms with Crippen molar-refractivity contribution in [2.24, 2.45) is 0 Å². The summed E-state index contributed by atoms with van der Waals surface area (Å²) in [7, 11) is -0.760. The zero-order valence-corrected chi connectivity index (χ0v) is 9.50. The number of hydrogen-bond donors (Lipinski definition) is 1. The summed E-state index contributed by atoms with van der Waals surface area (Å²) in [6.07, 6.45) is 3.81. The predicted octanol–water partition coefficient (Wildman–Crippen LogP) is 1.08. The van der Waals surface area contributed by atoms with Gasteiger partial charge in [-0.1, -0.05) is 6.07 Å². The van der Waals surface area contributed by atoms with Crippen molar-refractivity contribution in [3.05, 3.63) is 30.1 Å². The van der Waals surface area contributed by atoms with Crippen LogP contribution >= 0.6 is 0 Å². The molecule has 0 aromatic carbocycles. The molecule has 1 fully saturated rings. The molecular weight excluding hydrogens is 208 g/mol. The lowest BCUT2D eigenvalue weighted by Crippen LogP contribution is -2.33. The maximum absolute atomic E-state index is 12.0. The monoisotopic (exact) mass is 224 g/mol. The van der Waals surface area contributed by atoms with E-state index in [2.05, 4.69) is 10.3 Å². The highest BCUT2D eigenvalue weighted by Gasteiger charge is 2.19. The Kier molecular flexibility index (Phi) is 3.86. The van der Waals surface area contributed by atoms with Gasteiger partial charge in [0.15, 0.2) is 0 Å². The summed E-state index contributed by atoms with van der Waals surface area (Å²) in [6, 6.07) is 5.78. The van der Waals surface area contributed by atoms with Gasteiger partial charge in [-0.3, -0.25) is 9.19 Å². The lowest BCUT2D eigenvalue weighted by molar-refractivity contribution is 0.519. The third-order valence-electron chi connectivity index (χ3n) is 2.67. The van der Waals surface area contributed by atoms with E-state index in [0.29, 0.717) is 11.0 Å². The molecule has 0 amide bonds. The van der Waals surface area contributed by atoms with Crippen LogP contribution in [-0.4, -0.2) is 27.5 Å². The molecular formula is C11H16N2OS. The molecule has 0 unspecified atom stereocenters. The first-order valence-electron chi connectivity index (χ1n) is 5.34. The van der Waals surface area contributed by atoms with Gasteiger partial charge in [0.1, 0.15) is 0 Å². The van der Waals surface area contributed by atoms with Crippen LogP contribution in [0.3, 0.4) is 0 Å². The van der Waals surface area contributed by atoms with E-state index in [4.69, 9.17) is 0 Å². The number of aromatic nitrogens is 1. The van der Waals surface area contributed by atoms with Gasteiger partial charge >= 0.3 is 0 Å². The fourth-order valence-electron chi connectivity index (χ4n) is 1.81. The van der Waals surface area contributed by atoms with Crippen molar-refractivity contribution in [2.75, 3.05) is 13.1 Å². The first kappa shape index (κ1) is 10.8. The van der Waals surface area contributed by atoms with Gasteiger partial charge < -0.3 is 5.32 Å². The number of piperidine rings is 1. The maximum Gasteiger partial charge on any atom is 0.0661 e. The van der Waals surface area contributed by atoms with Crippen molar-refractivity contribution in [3.63, 3.8) is 0 Å². The molecule has 1 aliphatic heterocycles. The van der Waals surface area contributed by atoms with E-state index in [1.54, 1.807) is 6.20 Å². The van der Waals surface area contributed by atoms with Crippen molar-refractivity contribution < 1.29 is 4.21 Å². The molecule has 4 heteroatoms. The van der Waals surface area contributed by atoms with Crippen LogP contribution in [0.15, 0.2) is 24.4 Å². The molecule has 3 nitrogen and oxygen atoms in total. The summed E-state index contributed by atoms with van der Waals surface area (Å²) in [5.41, 5.74) is 0.939. The number of pyridine rings is 1.